The summed E-state index contributed by atoms with van der Waals surface area (Å²) in [5.74, 6) is 0.690. The second-order valence-electron chi connectivity index (χ2n) is 1.15. The fourth-order valence-corrected chi connectivity index (χ4v) is 1.43. The molecule has 0 bridgehead atoms. The van der Waals surface area contributed by atoms with Crippen LogP contribution < -0.4 is 0 Å². The van der Waals surface area contributed by atoms with Gasteiger partial charge in [-0.1, -0.05) is 6.08 Å². The van der Waals surface area contributed by atoms with E-state index in [1.807, 2.05) is 0 Å². The zero-order valence-electron chi connectivity index (χ0n) is 4.41. The normalized spacial score (nSPS) is 10.9. The average molecular weight is 151 g/mol. The molecule has 0 aliphatic rings. The Bertz CT molecular complexity index is 94.0. The van der Waals surface area contributed by atoms with Gasteiger partial charge in [-0.15, -0.1) is 6.58 Å². The minimum Gasteiger partial charge on any atom is -0.151 e. The van der Waals surface area contributed by atoms with Crippen molar-refractivity contribution >= 4 is 18.6 Å². The topological polar surface area (TPSA) is 37.3 Å². The summed E-state index contributed by atoms with van der Waals surface area (Å²) >= 11 is 1.05. The van der Waals surface area contributed by atoms with Gasteiger partial charge in [0.1, 0.15) is 0 Å². The van der Waals surface area contributed by atoms with Gasteiger partial charge in [-0.3, -0.25) is 0 Å². The largest absolute Gasteiger partial charge is 0.582 e. The number of hydrogen-bond donors (Lipinski definition) is 1. The van der Waals surface area contributed by atoms with Crippen molar-refractivity contribution in [2.45, 2.75) is 6.42 Å². The zero-order valence-corrected chi connectivity index (χ0v) is 6.12. The van der Waals surface area contributed by atoms with Crippen LogP contribution in [-0.2, 0) is 4.57 Å². The Kier molecular flexibility index (Phi) is 5.39. The molecule has 0 saturated carbocycles. The van der Waals surface area contributed by atoms with Crippen LogP contribution in [-0.4, -0.2) is 10.6 Å². The van der Waals surface area contributed by atoms with E-state index in [0.717, 1.165) is 17.8 Å². The highest BCUT2D eigenvalue weighted by Gasteiger charge is 2.09. The molecule has 0 radical (unpaired) electrons. The van der Waals surface area contributed by atoms with Gasteiger partial charge >= 0.3 is 7.23 Å². The van der Waals surface area contributed by atoms with E-state index in [1.54, 1.807) is 6.08 Å². The molecule has 0 aromatic heterocycles. The number of hydrogen-bond acceptors (Lipinski definition) is 2. The second kappa shape index (κ2) is 5.29. The lowest BCUT2D eigenvalue weighted by Crippen LogP contribution is -1.67. The van der Waals surface area contributed by atoms with Crippen LogP contribution >= 0.6 is 18.6 Å². The van der Waals surface area contributed by atoms with Crippen LogP contribution in [0.4, 0.5) is 0 Å². The van der Waals surface area contributed by atoms with Crippen molar-refractivity contribution in [2.24, 2.45) is 0 Å². The Morgan fingerprint density at radius 2 is 2.50 bits per heavy atom. The summed E-state index contributed by atoms with van der Waals surface area (Å²) in [5, 5.41) is 0. The van der Waals surface area contributed by atoms with Gasteiger partial charge in [0.05, 0.1) is 0 Å². The Hall–Kier alpha value is 0.150. The van der Waals surface area contributed by atoms with E-state index in [2.05, 4.69) is 6.58 Å². The molecule has 0 aromatic carbocycles. The van der Waals surface area contributed by atoms with Gasteiger partial charge in [-0.05, 0) is 11.0 Å². The standard InChI is InChI=1S/C4H7O2PS/c1-2-3-4-8-7(5)6/h2H,1,3-4H2/p+1. The molecule has 0 aliphatic carbocycles. The summed E-state index contributed by atoms with van der Waals surface area (Å²) in [5.41, 5.74) is 0. The van der Waals surface area contributed by atoms with Crippen molar-refractivity contribution in [3.63, 3.8) is 0 Å². The molecule has 0 heterocycles. The predicted octanol–water partition coefficient (Wildman–Crippen LogP) is 1.95. The lowest BCUT2D eigenvalue weighted by atomic mass is 10.5. The molecule has 0 aromatic rings. The van der Waals surface area contributed by atoms with Crippen LogP contribution in [0.5, 0.6) is 0 Å². The first-order valence-electron chi connectivity index (χ1n) is 2.17. The first-order valence-corrected chi connectivity index (χ1v) is 4.97. The molecular weight excluding hydrogens is 143 g/mol. The van der Waals surface area contributed by atoms with Gasteiger partial charge in [-0.2, -0.15) is 4.89 Å². The highest BCUT2D eigenvalue weighted by molar-refractivity contribution is 8.50. The predicted molar refractivity (Wildman–Crippen MR) is 37.1 cm³/mol. The maximum atomic E-state index is 9.95. The second-order valence-corrected chi connectivity index (χ2v) is 4.00. The molecule has 46 valence electrons. The van der Waals surface area contributed by atoms with Gasteiger partial charge in [0.25, 0.3) is 0 Å². The molecule has 2 nitrogen and oxygen atoms in total. The van der Waals surface area contributed by atoms with Gasteiger partial charge in [0, 0.05) is 5.75 Å². The smallest absolute Gasteiger partial charge is 0.151 e. The summed E-state index contributed by atoms with van der Waals surface area (Å²) in [6, 6.07) is 0. The zero-order chi connectivity index (χ0) is 6.41. The summed E-state index contributed by atoms with van der Waals surface area (Å²) < 4.78 is 9.95. The highest BCUT2D eigenvalue weighted by Crippen LogP contribution is 2.32. The van der Waals surface area contributed by atoms with Crippen LogP contribution in [0.25, 0.3) is 0 Å². The van der Waals surface area contributed by atoms with Crippen LogP contribution in [0, 0.1) is 0 Å². The molecular formula is C4H8O2PS+. The number of allylic oxidation sites excluding steroid dienone is 1. The van der Waals surface area contributed by atoms with E-state index in [1.165, 1.54) is 0 Å². The van der Waals surface area contributed by atoms with E-state index < -0.39 is 7.23 Å². The lowest BCUT2D eigenvalue weighted by Gasteiger charge is -1.76. The molecule has 0 aliphatic heterocycles. The maximum absolute atomic E-state index is 9.95. The van der Waals surface area contributed by atoms with Gasteiger partial charge < -0.3 is 0 Å². The molecule has 0 rings (SSSR count). The lowest BCUT2D eigenvalue weighted by molar-refractivity contribution is 0.519. The molecule has 4 heteroatoms. The van der Waals surface area contributed by atoms with E-state index in [9.17, 15) is 4.57 Å². The number of rotatable bonds is 4. The Balaban J connectivity index is 2.93. The van der Waals surface area contributed by atoms with Crippen molar-refractivity contribution in [1.82, 2.24) is 0 Å². The van der Waals surface area contributed by atoms with Gasteiger partial charge in [-0.25, -0.2) is 0 Å². The third-order valence-electron chi connectivity index (χ3n) is 0.524. The summed E-state index contributed by atoms with van der Waals surface area (Å²) in [4.78, 5) is 8.22. The third kappa shape index (κ3) is 6.15. The maximum Gasteiger partial charge on any atom is 0.582 e. The highest BCUT2D eigenvalue weighted by atomic mass is 32.7. The first kappa shape index (κ1) is 8.15. The SMILES string of the molecule is C=CCCS[P+](=O)O. The van der Waals surface area contributed by atoms with Crippen LogP contribution in [0.3, 0.4) is 0 Å². The monoisotopic (exact) mass is 151 g/mol. The third-order valence-corrected chi connectivity index (χ3v) is 2.37. The molecule has 0 saturated heterocycles. The summed E-state index contributed by atoms with van der Waals surface area (Å²) in [6.07, 6.45) is 2.53. The molecule has 1 unspecified atom stereocenters. The van der Waals surface area contributed by atoms with Gasteiger partial charge in [0.2, 0.25) is 0 Å². The molecule has 8 heavy (non-hydrogen) atoms. The Labute approximate surface area is 53.6 Å². The van der Waals surface area contributed by atoms with Crippen molar-refractivity contribution in [2.75, 3.05) is 5.75 Å². The van der Waals surface area contributed by atoms with Crippen molar-refractivity contribution in [1.29, 1.82) is 0 Å². The summed E-state index contributed by atoms with van der Waals surface area (Å²) in [6.45, 7) is 3.47. The minimum atomic E-state index is -1.99. The fourth-order valence-electron chi connectivity index (χ4n) is 0.214. The van der Waals surface area contributed by atoms with Crippen molar-refractivity contribution < 1.29 is 9.46 Å². The minimum absolute atomic E-state index is 0.690. The molecule has 0 spiro atoms. The van der Waals surface area contributed by atoms with Crippen molar-refractivity contribution in [3.8, 4) is 0 Å². The molecule has 0 amide bonds. The van der Waals surface area contributed by atoms with E-state index >= 15 is 0 Å². The first-order chi connectivity index (χ1) is 3.77. The van der Waals surface area contributed by atoms with Crippen LogP contribution in [0.1, 0.15) is 6.42 Å². The molecule has 1 atom stereocenters. The van der Waals surface area contributed by atoms with Crippen LogP contribution in [0.15, 0.2) is 12.7 Å². The van der Waals surface area contributed by atoms with E-state index in [-0.39, 0.29) is 0 Å². The Morgan fingerprint density at radius 3 is 2.88 bits per heavy atom. The van der Waals surface area contributed by atoms with E-state index in [4.69, 9.17) is 4.89 Å². The average Bonchev–Trinajstić information content (AvgIpc) is 1.66. The molecule has 0 fully saturated rings. The van der Waals surface area contributed by atoms with Crippen molar-refractivity contribution in [3.05, 3.63) is 12.7 Å². The quantitative estimate of drug-likeness (QED) is 0.379. The van der Waals surface area contributed by atoms with Gasteiger partial charge in [0.15, 0.2) is 11.4 Å². The van der Waals surface area contributed by atoms with E-state index in [0.29, 0.717) is 5.75 Å². The van der Waals surface area contributed by atoms with Crippen LogP contribution in [0.2, 0.25) is 0 Å². The fraction of sp³-hybridized carbons (Fsp3) is 0.500. The summed E-state index contributed by atoms with van der Waals surface area (Å²) in [7, 11) is -1.99. The molecule has 1 N–H and O–H groups in total. The Morgan fingerprint density at radius 1 is 1.88 bits per heavy atom.